The van der Waals surface area contributed by atoms with Crippen LogP contribution in [-0.4, -0.2) is 119 Å². The number of alkyl halides is 3. The second kappa shape index (κ2) is 10.6. The molecule has 5 rings (SSSR count). The quantitative estimate of drug-likeness (QED) is 0.526. The van der Waals surface area contributed by atoms with E-state index in [4.69, 9.17) is 14.2 Å². The first-order valence-electron chi connectivity index (χ1n) is 14.6. The van der Waals surface area contributed by atoms with Crippen molar-refractivity contribution in [3.63, 3.8) is 0 Å². The molecule has 2 bridgehead atoms. The number of hydrogen-bond donors (Lipinski definition) is 1. The maximum Gasteiger partial charge on any atom is 0.471 e. The lowest BCUT2D eigenvalue weighted by Crippen LogP contribution is -2.64. The Morgan fingerprint density at radius 1 is 1.02 bits per heavy atom. The van der Waals surface area contributed by atoms with Crippen LogP contribution >= 0.6 is 0 Å². The van der Waals surface area contributed by atoms with E-state index in [-0.39, 0.29) is 63.4 Å². The zero-order valence-corrected chi connectivity index (χ0v) is 24.2. The second-order valence-electron chi connectivity index (χ2n) is 13.4. The lowest BCUT2D eigenvalue weighted by Gasteiger charge is -2.52. The van der Waals surface area contributed by atoms with Gasteiger partial charge in [-0.15, -0.1) is 0 Å². The monoisotopic (exact) mass is 589 g/mol. The van der Waals surface area contributed by atoms with Crippen LogP contribution in [0.15, 0.2) is 0 Å². The van der Waals surface area contributed by atoms with Crippen LogP contribution in [0, 0.1) is 5.41 Å². The largest absolute Gasteiger partial charge is 0.471 e. The third-order valence-electron chi connectivity index (χ3n) is 9.90. The summed E-state index contributed by atoms with van der Waals surface area (Å²) in [5.74, 6) is -2.23. The summed E-state index contributed by atoms with van der Waals surface area (Å²) in [5, 5.41) is 11.7. The predicted octanol–water partition coefficient (Wildman–Crippen LogP) is 2.86. The van der Waals surface area contributed by atoms with Crippen molar-refractivity contribution in [1.29, 1.82) is 0 Å². The zero-order valence-electron chi connectivity index (χ0n) is 24.2. The van der Waals surface area contributed by atoms with Crippen molar-refractivity contribution < 1.29 is 46.9 Å². The Morgan fingerprint density at radius 2 is 1.68 bits per heavy atom. The molecule has 0 unspecified atom stereocenters. The molecule has 3 saturated heterocycles. The van der Waals surface area contributed by atoms with Crippen molar-refractivity contribution in [2.45, 2.75) is 120 Å². The predicted molar refractivity (Wildman–Crippen MR) is 139 cm³/mol. The molecule has 13 heteroatoms. The van der Waals surface area contributed by atoms with Gasteiger partial charge in [0.1, 0.15) is 11.7 Å². The number of ether oxygens (including phenoxy) is 3. The topological polar surface area (TPSA) is 109 Å². The van der Waals surface area contributed by atoms with Crippen LogP contribution in [0.4, 0.5) is 18.0 Å². The lowest BCUT2D eigenvalue weighted by molar-refractivity contribution is -0.199. The number of methoxy groups -OCH3 is 1. The molecule has 5 aliphatic rings. The van der Waals surface area contributed by atoms with Gasteiger partial charge in [-0.25, -0.2) is 4.79 Å². The Balaban J connectivity index is 1.39. The lowest BCUT2D eigenvalue weighted by atomic mass is 9.59. The van der Waals surface area contributed by atoms with Crippen molar-refractivity contribution in [3.8, 4) is 0 Å². The van der Waals surface area contributed by atoms with Crippen molar-refractivity contribution in [1.82, 2.24) is 14.7 Å². The fraction of sp³-hybridized carbons (Fsp3) is 0.893. The third kappa shape index (κ3) is 5.30. The molecule has 2 aliphatic carbocycles. The van der Waals surface area contributed by atoms with Gasteiger partial charge in [0.25, 0.3) is 0 Å². The average molecular weight is 590 g/mol. The maximum absolute atomic E-state index is 14.4. The van der Waals surface area contributed by atoms with Gasteiger partial charge in [-0.3, -0.25) is 9.59 Å². The highest BCUT2D eigenvalue weighted by Crippen LogP contribution is 2.58. The Kier molecular flexibility index (Phi) is 7.81. The third-order valence-corrected chi connectivity index (χ3v) is 9.90. The number of rotatable bonds is 5. The summed E-state index contributed by atoms with van der Waals surface area (Å²) < 4.78 is 58.1. The molecule has 0 aromatic rings. The van der Waals surface area contributed by atoms with Gasteiger partial charge < -0.3 is 34.0 Å². The van der Waals surface area contributed by atoms with Crippen molar-refractivity contribution >= 4 is 17.9 Å². The number of fused-ring (bicyclic) bond motifs is 2. The SMILES string of the molecule is CO[C@@H]1COCC[C@@H]1N(C(=O)C(F)(F)F)[C@@H]1CC[C@@](C(=O)N2C[C@H]3C[C@@H]2CN3C(=O)OC(C)(C)C)(C2(O)CCC2)C1. The Morgan fingerprint density at radius 3 is 2.22 bits per heavy atom. The van der Waals surface area contributed by atoms with Gasteiger partial charge in [0, 0.05) is 32.8 Å². The fourth-order valence-electron chi connectivity index (χ4n) is 7.78. The van der Waals surface area contributed by atoms with Gasteiger partial charge in [0.05, 0.1) is 35.7 Å². The first kappa shape index (κ1) is 30.3. The summed E-state index contributed by atoms with van der Waals surface area (Å²) in [6, 6.07) is -2.24. The van der Waals surface area contributed by atoms with Gasteiger partial charge in [-0.1, -0.05) is 0 Å². The minimum atomic E-state index is -5.10. The molecule has 2 saturated carbocycles. The van der Waals surface area contributed by atoms with Gasteiger partial charge in [0.2, 0.25) is 5.91 Å². The summed E-state index contributed by atoms with van der Waals surface area (Å²) in [4.78, 5) is 44.3. The molecule has 3 heterocycles. The van der Waals surface area contributed by atoms with Crippen LogP contribution in [0.1, 0.15) is 72.1 Å². The number of carbonyl (C=O) groups is 3. The van der Waals surface area contributed by atoms with E-state index < -0.39 is 53.0 Å². The molecule has 232 valence electrons. The summed E-state index contributed by atoms with van der Waals surface area (Å²) in [5.41, 5.74) is -3.32. The van der Waals surface area contributed by atoms with E-state index in [0.29, 0.717) is 32.2 Å². The highest BCUT2D eigenvalue weighted by atomic mass is 19.4. The number of nitrogens with zero attached hydrogens (tertiary/aromatic N) is 3. The van der Waals surface area contributed by atoms with E-state index in [1.807, 2.05) is 0 Å². The van der Waals surface area contributed by atoms with Crippen LogP contribution in [0.25, 0.3) is 0 Å². The van der Waals surface area contributed by atoms with Crippen molar-refractivity contribution in [2.24, 2.45) is 5.41 Å². The number of aliphatic hydroxyl groups is 1. The number of amides is 3. The molecule has 10 nitrogen and oxygen atoms in total. The maximum atomic E-state index is 14.4. The fourth-order valence-corrected chi connectivity index (χ4v) is 7.78. The summed E-state index contributed by atoms with van der Waals surface area (Å²) >= 11 is 0. The Labute approximate surface area is 238 Å². The van der Waals surface area contributed by atoms with Crippen LogP contribution in [0.2, 0.25) is 0 Å². The minimum Gasteiger partial charge on any atom is -0.444 e. The standard InChI is InChI=1S/C28H42F3N3O7/c1-25(2,3)41-24(37)33-15-18-12-19(33)14-32(18)22(35)26(27(38)8-5-9-27)10-6-17(13-26)34(23(36)28(29,30)31)20-7-11-40-16-21(20)39-4/h17-21,38H,5-16H2,1-4H3/t17-,18-,19-,20+,21-,26-/m1/s1. The molecule has 0 aromatic heterocycles. The minimum absolute atomic E-state index is 0.0540. The molecule has 0 aromatic carbocycles. The highest BCUT2D eigenvalue weighted by molar-refractivity contribution is 5.87. The summed E-state index contributed by atoms with van der Waals surface area (Å²) in [6.07, 6.45) is -3.75. The van der Waals surface area contributed by atoms with Crippen LogP contribution in [-0.2, 0) is 23.8 Å². The Bertz CT molecular complexity index is 1050. The van der Waals surface area contributed by atoms with E-state index in [0.717, 1.165) is 4.90 Å². The summed E-state index contributed by atoms with van der Waals surface area (Å²) in [7, 11) is 1.38. The van der Waals surface area contributed by atoms with Crippen LogP contribution in [0.3, 0.4) is 0 Å². The molecule has 5 fully saturated rings. The molecule has 6 atom stereocenters. The summed E-state index contributed by atoms with van der Waals surface area (Å²) in [6.45, 7) is 6.21. The Hall–Kier alpha value is -2.12. The van der Waals surface area contributed by atoms with E-state index >= 15 is 0 Å². The molecule has 41 heavy (non-hydrogen) atoms. The highest BCUT2D eigenvalue weighted by Gasteiger charge is 2.65. The van der Waals surface area contributed by atoms with Crippen molar-refractivity contribution in [2.75, 3.05) is 33.4 Å². The number of likely N-dealkylation sites (tertiary alicyclic amines) is 2. The number of carbonyl (C=O) groups excluding carboxylic acids is 3. The zero-order chi connectivity index (χ0) is 30.0. The second-order valence-corrected chi connectivity index (χ2v) is 13.4. The molecular weight excluding hydrogens is 547 g/mol. The van der Waals surface area contributed by atoms with Crippen LogP contribution < -0.4 is 0 Å². The smallest absolute Gasteiger partial charge is 0.444 e. The van der Waals surface area contributed by atoms with E-state index in [2.05, 4.69) is 0 Å². The van der Waals surface area contributed by atoms with E-state index in [1.54, 1.807) is 30.6 Å². The van der Waals surface area contributed by atoms with Gasteiger partial charge in [-0.2, -0.15) is 13.2 Å². The van der Waals surface area contributed by atoms with Gasteiger partial charge in [-0.05, 0) is 72.1 Å². The van der Waals surface area contributed by atoms with Gasteiger partial charge in [0.15, 0.2) is 0 Å². The molecule has 3 amide bonds. The van der Waals surface area contributed by atoms with E-state index in [9.17, 15) is 32.7 Å². The molecule has 1 N–H and O–H groups in total. The number of piperazine rings is 1. The van der Waals surface area contributed by atoms with E-state index in [1.165, 1.54) is 7.11 Å². The molecule has 0 spiro atoms. The first-order chi connectivity index (χ1) is 19.1. The number of hydrogen-bond acceptors (Lipinski definition) is 7. The molecule has 3 aliphatic heterocycles. The van der Waals surface area contributed by atoms with Crippen LogP contribution in [0.5, 0.6) is 0 Å². The van der Waals surface area contributed by atoms with Gasteiger partial charge >= 0.3 is 18.2 Å². The van der Waals surface area contributed by atoms with Crippen molar-refractivity contribution in [3.05, 3.63) is 0 Å². The first-order valence-corrected chi connectivity index (χ1v) is 14.6. The molecule has 0 radical (unpaired) electrons. The number of halogens is 3. The molecular formula is C28H42F3N3O7. The normalized spacial score (nSPS) is 34.9. The average Bonchev–Trinajstić information content (AvgIpc) is 3.61.